The van der Waals surface area contributed by atoms with Crippen LogP contribution in [0.3, 0.4) is 0 Å². The molecular weight excluding hydrogens is 268 g/mol. The average Bonchev–Trinajstić information content (AvgIpc) is 2.93. The summed E-state index contributed by atoms with van der Waals surface area (Å²) in [5, 5.41) is 13.7. The lowest BCUT2D eigenvalue weighted by atomic mass is 10.1. The summed E-state index contributed by atoms with van der Waals surface area (Å²) in [6, 6.07) is 9.06. The molecule has 0 radical (unpaired) electrons. The number of benzene rings is 1. The molecule has 0 saturated carbocycles. The van der Waals surface area contributed by atoms with Gasteiger partial charge in [-0.3, -0.25) is 0 Å². The van der Waals surface area contributed by atoms with Gasteiger partial charge in [0, 0.05) is 0 Å². The van der Waals surface area contributed by atoms with Crippen LogP contribution in [-0.4, -0.2) is 27.5 Å². The Morgan fingerprint density at radius 2 is 2.14 bits per heavy atom. The Balaban J connectivity index is 2.51. The van der Waals surface area contributed by atoms with Crippen LogP contribution in [0, 0.1) is 0 Å². The second-order valence-electron chi connectivity index (χ2n) is 5.07. The monoisotopic (exact) mass is 288 g/mol. The Kier molecular flexibility index (Phi) is 4.75. The zero-order chi connectivity index (χ0) is 15.4. The molecule has 21 heavy (non-hydrogen) atoms. The Morgan fingerprint density at radius 3 is 2.76 bits per heavy atom. The highest BCUT2D eigenvalue weighted by Crippen LogP contribution is 2.20. The second-order valence-corrected chi connectivity index (χ2v) is 5.07. The van der Waals surface area contributed by atoms with E-state index in [4.69, 9.17) is 4.74 Å². The molecular formula is C16H20N2O3. The van der Waals surface area contributed by atoms with E-state index < -0.39 is 5.97 Å². The molecule has 1 N–H and O–H groups in total. The lowest BCUT2D eigenvalue weighted by molar-refractivity contribution is 0.0515. The van der Waals surface area contributed by atoms with E-state index in [1.54, 1.807) is 23.7 Å². The number of hydrogen-bond donors (Lipinski definition) is 1. The third-order valence-corrected chi connectivity index (χ3v) is 3.14. The number of rotatable bonds is 5. The molecule has 2 rings (SSSR count). The van der Waals surface area contributed by atoms with Gasteiger partial charge in [0.05, 0.1) is 24.6 Å². The van der Waals surface area contributed by atoms with E-state index in [1.807, 2.05) is 32.0 Å². The minimum absolute atomic E-state index is 0.0547. The van der Waals surface area contributed by atoms with Crippen molar-refractivity contribution in [3.05, 3.63) is 47.3 Å². The van der Waals surface area contributed by atoms with Gasteiger partial charge in [0.25, 0.3) is 0 Å². The molecule has 5 nitrogen and oxygen atoms in total. The highest BCUT2D eigenvalue weighted by molar-refractivity contribution is 5.88. The van der Waals surface area contributed by atoms with E-state index in [-0.39, 0.29) is 12.5 Å². The molecule has 0 amide bonds. The summed E-state index contributed by atoms with van der Waals surface area (Å²) in [5.41, 5.74) is 2.73. The number of carbonyl (C=O) groups is 1. The number of nitrogens with zero attached hydrogens (tertiary/aromatic N) is 2. The Hall–Kier alpha value is -2.14. The number of ether oxygens (including phenoxy) is 1. The molecule has 0 bridgehead atoms. The lowest BCUT2D eigenvalue weighted by Gasteiger charge is -2.08. The zero-order valence-corrected chi connectivity index (χ0v) is 12.5. The van der Waals surface area contributed by atoms with Crippen molar-refractivity contribution in [2.24, 2.45) is 0 Å². The van der Waals surface area contributed by atoms with Gasteiger partial charge in [0.15, 0.2) is 5.69 Å². The Labute approximate surface area is 124 Å². The van der Waals surface area contributed by atoms with Crippen LogP contribution in [0.2, 0.25) is 0 Å². The number of aromatic nitrogens is 2. The van der Waals surface area contributed by atoms with Gasteiger partial charge in [-0.15, -0.1) is 0 Å². The SMILES string of the molecule is CCOC(=O)c1cc(C(C)C)nn1-c1cccc(CO)c1. The van der Waals surface area contributed by atoms with E-state index in [0.29, 0.717) is 12.3 Å². The van der Waals surface area contributed by atoms with Crippen molar-refractivity contribution >= 4 is 5.97 Å². The normalized spacial score (nSPS) is 10.9. The van der Waals surface area contributed by atoms with Gasteiger partial charge in [-0.05, 0) is 36.6 Å². The first-order valence-corrected chi connectivity index (χ1v) is 7.04. The molecule has 1 aromatic heterocycles. The highest BCUT2D eigenvalue weighted by Gasteiger charge is 2.19. The van der Waals surface area contributed by atoms with Crippen molar-refractivity contribution in [3.8, 4) is 5.69 Å². The van der Waals surface area contributed by atoms with Gasteiger partial charge in [0.1, 0.15) is 0 Å². The Bertz CT molecular complexity index is 632. The first-order chi connectivity index (χ1) is 10.1. The zero-order valence-electron chi connectivity index (χ0n) is 12.5. The third kappa shape index (κ3) is 3.31. The minimum atomic E-state index is -0.397. The van der Waals surface area contributed by atoms with Crippen molar-refractivity contribution in [1.82, 2.24) is 9.78 Å². The van der Waals surface area contributed by atoms with E-state index in [2.05, 4.69) is 5.10 Å². The fraction of sp³-hybridized carbons (Fsp3) is 0.375. The minimum Gasteiger partial charge on any atom is -0.461 e. The smallest absolute Gasteiger partial charge is 0.357 e. The van der Waals surface area contributed by atoms with Crippen LogP contribution in [0.4, 0.5) is 0 Å². The van der Waals surface area contributed by atoms with Crippen LogP contribution in [0.5, 0.6) is 0 Å². The summed E-state index contributed by atoms with van der Waals surface area (Å²) in [5.74, 6) is -0.188. The summed E-state index contributed by atoms with van der Waals surface area (Å²) in [4.78, 5) is 12.1. The van der Waals surface area contributed by atoms with E-state index in [1.165, 1.54) is 0 Å². The van der Waals surface area contributed by atoms with E-state index in [0.717, 1.165) is 16.9 Å². The fourth-order valence-electron chi connectivity index (χ4n) is 2.02. The molecule has 0 spiro atoms. The van der Waals surface area contributed by atoms with Gasteiger partial charge in [-0.25, -0.2) is 9.48 Å². The predicted octanol–water partition coefficient (Wildman–Crippen LogP) is 2.66. The van der Waals surface area contributed by atoms with Crippen LogP contribution in [0.1, 0.15) is 48.4 Å². The van der Waals surface area contributed by atoms with Crippen molar-refractivity contribution in [3.63, 3.8) is 0 Å². The fourth-order valence-corrected chi connectivity index (χ4v) is 2.02. The second kappa shape index (κ2) is 6.54. The molecule has 0 aliphatic heterocycles. The Morgan fingerprint density at radius 1 is 1.38 bits per heavy atom. The van der Waals surface area contributed by atoms with Crippen LogP contribution in [0.25, 0.3) is 5.69 Å². The van der Waals surface area contributed by atoms with E-state index in [9.17, 15) is 9.90 Å². The van der Waals surface area contributed by atoms with Gasteiger partial charge in [-0.2, -0.15) is 5.10 Å². The molecule has 0 saturated heterocycles. The maximum Gasteiger partial charge on any atom is 0.357 e. The highest BCUT2D eigenvalue weighted by atomic mass is 16.5. The van der Waals surface area contributed by atoms with E-state index >= 15 is 0 Å². The molecule has 0 aliphatic rings. The van der Waals surface area contributed by atoms with Gasteiger partial charge in [0.2, 0.25) is 0 Å². The van der Waals surface area contributed by atoms with Crippen molar-refractivity contribution < 1.29 is 14.6 Å². The molecule has 1 aromatic carbocycles. The first kappa shape index (κ1) is 15.3. The van der Waals surface area contributed by atoms with Gasteiger partial charge in [-0.1, -0.05) is 26.0 Å². The maximum absolute atomic E-state index is 12.1. The quantitative estimate of drug-likeness (QED) is 0.859. The molecule has 112 valence electrons. The first-order valence-electron chi connectivity index (χ1n) is 7.04. The molecule has 5 heteroatoms. The van der Waals surface area contributed by atoms with Crippen LogP contribution in [-0.2, 0) is 11.3 Å². The standard InChI is InChI=1S/C16H20N2O3/c1-4-21-16(20)15-9-14(11(2)3)17-18(15)13-7-5-6-12(8-13)10-19/h5-9,11,19H,4,10H2,1-3H3. The molecule has 2 aromatic rings. The summed E-state index contributed by atoms with van der Waals surface area (Å²) < 4.78 is 6.67. The van der Waals surface area contributed by atoms with Gasteiger partial charge < -0.3 is 9.84 Å². The van der Waals surface area contributed by atoms with Gasteiger partial charge >= 0.3 is 5.97 Å². The summed E-state index contributed by atoms with van der Waals surface area (Å²) >= 11 is 0. The van der Waals surface area contributed by atoms with Crippen LogP contribution < -0.4 is 0 Å². The third-order valence-electron chi connectivity index (χ3n) is 3.14. The molecule has 0 atom stereocenters. The van der Waals surface area contributed by atoms with Crippen molar-refractivity contribution in [1.29, 1.82) is 0 Å². The molecule has 0 aliphatic carbocycles. The van der Waals surface area contributed by atoms with Crippen molar-refractivity contribution in [2.75, 3.05) is 6.61 Å². The predicted molar refractivity (Wildman–Crippen MR) is 79.5 cm³/mol. The number of carbonyl (C=O) groups excluding carboxylic acids is 1. The summed E-state index contributed by atoms with van der Waals surface area (Å²) in [6.07, 6.45) is 0. The maximum atomic E-state index is 12.1. The summed E-state index contributed by atoms with van der Waals surface area (Å²) in [7, 11) is 0. The molecule has 1 heterocycles. The van der Waals surface area contributed by atoms with Crippen LogP contribution in [0.15, 0.2) is 30.3 Å². The average molecular weight is 288 g/mol. The topological polar surface area (TPSA) is 64.3 Å². The van der Waals surface area contributed by atoms with Crippen LogP contribution >= 0.6 is 0 Å². The molecule has 0 fully saturated rings. The lowest BCUT2D eigenvalue weighted by Crippen LogP contribution is -2.12. The molecule has 0 unspecified atom stereocenters. The summed E-state index contributed by atoms with van der Waals surface area (Å²) in [6.45, 7) is 6.07. The van der Waals surface area contributed by atoms with Crippen molar-refractivity contribution in [2.45, 2.75) is 33.3 Å². The largest absolute Gasteiger partial charge is 0.461 e. The number of aliphatic hydroxyl groups excluding tert-OH is 1. The number of aliphatic hydroxyl groups is 1. The number of hydrogen-bond acceptors (Lipinski definition) is 4. The number of esters is 1.